The predicted octanol–water partition coefficient (Wildman–Crippen LogP) is 3.74. The van der Waals surface area contributed by atoms with Crippen molar-refractivity contribution >= 4 is 22.3 Å². The van der Waals surface area contributed by atoms with Crippen molar-refractivity contribution in [3.8, 4) is 0 Å². The molecule has 1 aromatic carbocycles. The van der Waals surface area contributed by atoms with E-state index in [1.807, 2.05) is 12.1 Å². The molecule has 1 fully saturated rings. The van der Waals surface area contributed by atoms with Gasteiger partial charge in [0.15, 0.2) is 0 Å². The zero-order valence-electron chi connectivity index (χ0n) is 11.4. The normalized spacial score (nSPS) is 20.9. The topological polar surface area (TPSA) is 68.1 Å². The minimum absolute atomic E-state index is 0.0621. The van der Waals surface area contributed by atoms with E-state index < -0.39 is 0 Å². The van der Waals surface area contributed by atoms with Crippen LogP contribution in [0.25, 0.3) is 10.9 Å². The lowest BCUT2D eigenvalue weighted by Crippen LogP contribution is -2.05. The summed E-state index contributed by atoms with van der Waals surface area (Å²) >= 11 is 0. The van der Waals surface area contributed by atoms with E-state index in [-0.39, 0.29) is 10.6 Å². The summed E-state index contributed by atoms with van der Waals surface area (Å²) in [5.74, 6) is 0.738. The third-order valence-corrected chi connectivity index (χ3v) is 3.87. The van der Waals surface area contributed by atoms with E-state index in [1.54, 1.807) is 12.3 Å². The second kappa shape index (κ2) is 5.07. The molecule has 2 atom stereocenters. The molecule has 20 heavy (non-hydrogen) atoms. The summed E-state index contributed by atoms with van der Waals surface area (Å²) in [4.78, 5) is 14.8. The molecule has 1 heterocycles. The van der Waals surface area contributed by atoms with E-state index in [9.17, 15) is 10.1 Å². The van der Waals surface area contributed by atoms with Crippen LogP contribution in [0.4, 0.5) is 11.4 Å². The van der Waals surface area contributed by atoms with Gasteiger partial charge in [0.2, 0.25) is 0 Å². The van der Waals surface area contributed by atoms with Gasteiger partial charge in [0, 0.05) is 29.4 Å². The van der Waals surface area contributed by atoms with Gasteiger partial charge in [-0.05, 0) is 24.8 Å². The lowest BCUT2D eigenvalue weighted by atomic mass is 10.1. The molecule has 104 valence electrons. The van der Waals surface area contributed by atoms with Crippen LogP contribution in [0.1, 0.15) is 26.2 Å². The predicted molar refractivity (Wildman–Crippen MR) is 78.8 cm³/mol. The third-order valence-electron chi connectivity index (χ3n) is 3.87. The van der Waals surface area contributed by atoms with Gasteiger partial charge in [-0.25, -0.2) is 4.98 Å². The van der Waals surface area contributed by atoms with Gasteiger partial charge in [-0.15, -0.1) is 0 Å². The molecule has 0 amide bonds. The van der Waals surface area contributed by atoms with Crippen LogP contribution >= 0.6 is 0 Å². The average Bonchev–Trinajstić information content (AvgIpc) is 3.17. The number of rotatable bonds is 5. The molecule has 0 saturated heterocycles. The third kappa shape index (κ3) is 2.31. The Morgan fingerprint density at radius 1 is 1.45 bits per heavy atom. The van der Waals surface area contributed by atoms with Crippen molar-refractivity contribution in [3.05, 3.63) is 40.6 Å². The lowest BCUT2D eigenvalue weighted by molar-refractivity contribution is -0.383. The highest BCUT2D eigenvalue weighted by Gasteiger charge is 2.36. The standard InChI is InChI=1S/C15H17N3O2/c1-2-4-10-9-13(10)17-12-7-8-16-15-11(12)5-3-6-14(15)18(19)20/h3,5-8,10,13H,2,4,9H2,1H3,(H,16,17). The number of non-ortho nitro benzene ring substituents is 1. The fourth-order valence-corrected chi connectivity index (χ4v) is 2.75. The molecule has 0 radical (unpaired) electrons. The molecule has 0 aliphatic heterocycles. The van der Waals surface area contributed by atoms with Crippen molar-refractivity contribution in [1.82, 2.24) is 4.98 Å². The number of nitrogens with zero attached hydrogens (tertiary/aromatic N) is 2. The van der Waals surface area contributed by atoms with Crippen molar-refractivity contribution in [2.45, 2.75) is 32.2 Å². The molecular weight excluding hydrogens is 254 g/mol. The number of anilines is 1. The summed E-state index contributed by atoms with van der Waals surface area (Å²) < 4.78 is 0. The summed E-state index contributed by atoms with van der Waals surface area (Å²) in [7, 11) is 0. The van der Waals surface area contributed by atoms with Crippen LogP contribution in [0.15, 0.2) is 30.5 Å². The average molecular weight is 271 g/mol. The number of hydrogen-bond donors (Lipinski definition) is 1. The van der Waals surface area contributed by atoms with Crippen LogP contribution in [0.5, 0.6) is 0 Å². The Labute approximate surface area is 117 Å². The molecule has 2 aromatic rings. The van der Waals surface area contributed by atoms with E-state index >= 15 is 0 Å². The minimum atomic E-state index is -0.379. The van der Waals surface area contributed by atoms with Gasteiger partial charge in [0.25, 0.3) is 5.69 Å². The Morgan fingerprint density at radius 2 is 2.30 bits per heavy atom. The Bertz CT molecular complexity index is 657. The summed E-state index contributed by atoms with van der Waals surface area (Å²) in [6, 6.07) is 7.49. The summed E-state index contributed by atoms with van der Waals surface area (Å²) in [6.45, 7) is 2.20. The number of nitro benzene ring substituents is 1. The van der Waals surface area contributed by atoms with E-state index in [1.165, 1.54) is 25.3 Å². The number of aromatic nitrogens is 1. The minimum Gasteiger partial charge on any atom is -0.381 e. The van der Waals surface area contributed by atoms with Gasteiger partial charge in [-0.2, -0.15) is 0 Å². The molecule has 1 saturated carbocycles. The van der Waals surface area contributed by atoms with Crippen LogP contribution in [-0.4, -0.2) is 15.9 Å². The molecule has 2 unspecified atom stereocenters. The zero-order valence-corrected chi connectivity index (χ0v) is 11.4. The molecule has 5 heteroatoms. The van der Waals surface area contributed by atoms with Crippen LogP contribution < -0.4 is 5.32 Å². The zero-order chi connectivity index (χ0) is 14.1. The molecule has 0 bridgehead atoms. The Kier molecular flexibility index (Phi) is 3.26. The molecule has 0 spiro atoms. The van der Waals surface area contributed by atoms with E-state index in [0.29, 0.717) is 11.6 Å². The van der Waals surface area contributed by atoms with Gasteiger partial charge >= 0.3 is 0 Å². The number of pyridine rings is 1. The fourth-order valence-electron chi connectivity index (χ4n) is 2.75. The van der Waals surface area contributed by atoms with Crippen molar-refractivity contribution < 1.29 is 4.92 Å². The Morgan fingerprint density at radius 3 is 3.05 bits per heavy atom. The van der Waals surface area contributed by atoms with Crippen LogP contribution in [0, 0.1) is 16.0 Å². The smallest absolute Gasteiger partial charge is 0.295 e. The van der Waals surface area contributed by atoms with Crippen molar-refractivity contribution in [2.24, 2.45) is 5.92 Å². The van der Waals surface area contributed by atoms with Gasteiger partial charge < -0.3 is 5.32 Å². The first-order valence-corrected chi connectivity index (χ1v) is 6.99. The molecule has 1 N–H and O–H groups in total. The highest BCUT2D eigenvalue weighted by Crippen LogP contribution is 2.39. The van der Waals surface area contributed by atoms with Gasteiger partial charge in [-0.3, -0.25) is 10.1 Å². The number of hydrogen-bond acceptors (Lipinski definition) is 4. The number of nitro groups is 1. The number of nitrogens with one attached hydrogen (secondary N) is 1. The number of benzene rings is 1. The van der Waals surface area contributed by atoms with Crippen LogP contribution in [0.3, 0.4) is 0 Å². The monoisotopic (exact) mass is 271 g/mol. The summed E-state index contributed by atoms with van der Waals surface area (Å²) in [5.41, 5.74) is 1.46. The first-order valence-electron chi connectivity index (χ1n) is 6.99. The number of para-hydroxylation sites is 1. The Hall–Kier alpha value is -2.17. The van der Waals surface area contributed by atoms with Crippen molar-refractivity contribution in [2.75, 3.05) is 5.32 Å². The maximum absolute atomic E-state index is 11.0. The van der Waals surface area contributed by atoms with E-state index in [4.69, 9.17) is 0 Å². The van der Waals surface area contributed by atoms with Gasteiger partial charge in [0.1, 0.15) is 5.52 Å². The summed E-state index contributed by atoms with van der Waals surface area (Å²) in [5, 5.41) is 15.4. The highest BCUT2D eigenvalue weighted by molar-refractivity contribution is 5.96. The molecular formula is C15H17N3O2. The first kappa shape index (κ1) is 12.8. The second-order valence-electron chi connectivity index (χ2n) is 5.32. The van der Waals surface area contributed by atoms with E-state index in [2.05, 4.69) is 17.2 Å². The highest BCUT2D eigenvalue weighted by atomic mass is 16.6. The Balaban J connectivity index is 1.92. The second-order valence-corrected chi connectivity index (χ2v) is 5.32. The van der Waals surface area contributed by atoms with Crippen molar-refractivity contribution in [1.29, 1.82) is 0 Å². The van der Waals surface area contributed by atoms with E-state index in [0.717, 1.165) is 17.0 Å². The van der Waals surface area contributed by atoms with Gasteiger partial charge in [-0.1, -0.05) is 25.5 Å². The molecule has 1 aliphatic carbocycles. The maximum Gasteiger partial charge on any atom is 0.295 e. The SMILES string of the molecule is CCCC1CC1Nc1ccnc2c([N+](=O)[O-])cccc12. The molecule has 1 aromatic heterocycles. The fraction of sp³-hybridized carbons (Fsp3) is 0.400. The summed E-state index contributed by atoms with van der Waals surface area (Å²) in [6.07, 6.45) is 5.26. The number of fused-ring (bicyclic) bond motifs is 1. The van der Waals surface area contributed by atoms with Crippen LogP contribution in [0.2, 0.25) is 0 Å². The van der Waals surface area contributed by atoms with Gasteiger partial charge in [0.05, 0.1) is 4.92 Å². The first-order chi connectivity index (χ1) is 9.70. The molecule has 3 rings (SSSR count). The van der Waals surface area contributed by atoms with Crippen LogP contribution in [-0.2, 0) is 0 Å². The molecule has 5 nitrogen and oxygen atoms in total. The quantitative estimate of drug-likeness (QED) is 0.664. The molecule has 1 aliphatic rings. The lowest BCUT2D eigenvalue weighted by Gasteiger charge is -2.09. The largest absolute Gasteiger partial charge is 0.381 e. The maximum atomic E-state index is 11.0. The van der Waals surface area contributed by atoms with Crippen molar-refractivity contribution in [3.63, 3.8) is 0 Å².